The topological polar surface area (TPSA) is 144 Å². The molecule has 2 aliphatic heterocycles. The number of halogens is 1. The van der Waals surface area contributed by atoms with Gasteiger partial charge in [0.1, 0.15) is 31.3 Å². The number of nitrogens with two attached hydrogens (primary N) is 1. The first-order valence-electron chi connectivity index (χ1n) is 12.4. The van der Waals surface area contributed by atoms with Crippen LogP contribution in [0.4, 0.5) is 11.5 Å². The van der Waals surface area contributed by atoms with E-state index in [1.54, 1.807) is 6.20 Å². The maximum Gasteiger partial charge on any atom is 0.278 e. The zero-order valence-electron chi connectivity index (χ0n) is 21.3. The van der Waals surface area contributed by atoms with Crippen LogP contribution in [0.3, 0.4) is 0 Å². The molecule has 10 nitrogen and oxygen atoms in total. The zero-order valence-corrected chi connectivity index (χ0v) is 25.1. The SMILES string of the molecule is Cc1ccccc1C1=NCI=C(C(=O)Nc2cnc3n(c2=O)[C@H](C(=O)NCc2cc4cnc(N)cc4s2)CC3)S1. The minimum absolute atomic E-state index is 0.0695. The molecule has 1 aromatic carbocycles. The van der Waals surface area contributed by atoms with Crippen molar-refractivity contribution in [1.82, 2.24) is 19.9 Å². The van der Waals surface area contributed by atoms with Crippen molar-refractivity contribution in [2.75, 3.05) is 15.6 Å². The fraction of sp³-hybridized carbons (Fsp3) is 0.222. The second-order valence-corrected chi connectivity index (χ2v) is 14.7. The van der Waals surface area contributed by atoms with E-state index in [1.807, 2.05) is 43.3 Å². The number of thioether (sulfide) groups is 1. The molecule has 0 spiro atoms. The minimum atomic E-state index is -0.692. The monoisotopic (exact) mass is 685 g/mol. The average Bonchev–Trinajstić information content (AvgIpc) is 3.58. The van der Waals surface area contributed by atoms with E-state index in [1.165, 1.54) is 33.9 Å². The van der Waals surface area contributed by atoms with Crippen molar-refractivity contribution in [3.8, 4) is 0 Å². The number of amides is 2. The Morgan fingerprint density at radius 2 is 2.05 bits per heavy atom. The van der Waals surface area contributed by atoms with Crippen LogP contribution < -0.4 is 21.9 Å². The van der Waals surface area contributed by atoms with Crippen LogP contribution in [-0.4, -0.2) is 38.8 Å². The first kappa shape index (κ1) is 26.8. The number of nitrogens with zero attached hydrogens (tertiary/aromatic N) is 4. The molecule has 0 saturated carbocycles. The summed E-state index contributed by atoms with van der Waals surface area (Å²) in [5, 5.41) is 7.49. The van der Waals surface area contributed by atoms with E-state index in [0.29, 0.717) is 38.4 Å². The standard InChI is InChI=1S/C27H24IN7O3S2/c1-14-4-2-3-5-17(14)26-33-13-28-23(40-26)25(37)34-18-12-31-22-7-6-19(35(22)27(18)38)24(36)32-11-16-8-15-10-30-21(29)9-20(15)39-16/h2-5,8-10,12,19H,6-7,11,13H2,1H3,(H2,29,30)(H,32,36)(H,34,37)/t19-/m0/s1. The van der Waals surface area contributed by atoms with E-state index in [9.17, 15) is 14.4 Å². The van der Waals surface area contributed by atoms with Crippen LogP contribution >= 0.6 is 43.8 Å². The highest BCUT2D eigenvalue weighted by Gasteiger charge is 2.31. The molecular weight excluding hydrogens is 661 g/mol. The van der Waals surface area contributed by atoms with Gasteiger partial charge in [0.25, 0.3) is 11.5 Å². The Kier molecular flexibility index (Phi) is 7.51. The number of pyridine rings is 1. The molecule has 3 aromatic heterocycles. The Bertz CT molecular complexity index is 1800. The van der Waals surface area contributed by atoms with Crippen LogP contribution in [0.15, 0.2) is 58.6 Å². The Morgan fingerprint density at radius 3 is 2.90 bits per heavy atom. The highest BCUT2D eigenvalue weighted by molar-refractivity contribution is 14.2. The third kappa shape index (κ3) is 5.32. The number of nitrogen functional groups attached to an aromatic ring is 1. The van der Waals surface area contributed by atoms with E-state index < -0.39 is 32.3 Å². The van der Waals surface area contributed by atoms with Crippen LogP contribution in [-0.2, 0) is 22.6 Å². The van der Waals surface area contributed by atoms with E-state index >= 15 is 0 Å². The molecule has 204 valence electrons. The molecule has 5 heterocycles. The lowest BCUT2D eigenvalue weighted by Gasteiger charge is -2.16. The van der Waals surface area contributed by atoms with Crippen molar-refractivity contribution < 1.29 is 9.59 Å². The number of carbonyl (C=O) groups is 2. The van der Waals surface area contributed by atoms with Crippen LogP contribution in [0.1, 0.15) is 34.3 Å². The van der Waals surface area contributed by atoms with E-state index in [2.05, 4.69) is 25.6 Å². The van der Waals surface area contributed by atoms with E-state index in [-0.39, 0.29) is 17.5 Å². The molecule has 0 unspecified atom stereocenters. The van der Waals surface area contributed by atoms with Crippen LogP contribution in [0.25, 0.3) is 10.1 Å². The predicted octanol–water partition coefficient (Wildman–Crippen LogP) is 3.74. The lowest BCUT2D eigenvalue weighted by molar-refractivity contribution is -0.124. The first-order chi connectivity index (χ1) is 19.4. The van der Waals surface area contributed by atoms with Crippen molar-refractivity contribution in [3.63, 3.8) is 0 Å². The molecule has 13 heteroatoms. The number of hydrogen-bond acceptors (Lipinski definition) is 9. The number of thiophene rings is 1. The van der Waals surface area contributed by atoms with Gasteiger partial charge in [0.2, 0.25) is 5.91 Å². The number of fused-ring (bicyclic) bond motifs is 2. The maximum absolute atomic E-state index is 13.4. The molecule has 40 heavy (non-hydrogen) atoms. The number of alkyl halides is 1. The normalized spacial score (nSPS) is 16.5. The van der Waals surface area contributed by atoms with Crippen molar-refractivity contribution >= 4 is 85.1 Å². The molecule has 0 saturated heterocycles. The number of carbonyl (C=O) groups excluding carboxylic acids is 2. The Hall–Kier alpha value is -3.43. The second-order valence-electron chi connectivity index (χ2n) is 9.26. The number of nitrogens with one attached hydrogen (secondary N) is 2. The van der Waals surface area contributed by atoms with Gasteiger partial charge in [-0.05, 0) is 31.0 Å². The second kappa shape index (κ2) is 11.2. The van der Waals surface area contributed by atoms with Crippen molar-refractivity contribution in [3.05, 3.63) is 81.0 Å². The molecule has 0 bridgehead atoms. The summed E-state index contributed by atoms with van der Waals surface area (Å²) >= 11 is 2.29. The van der Waals surface area contributed by atoms with E-state index in [0.717, 1.165) is 31.1 Å². The number of benzene rings is 1. The van der Waals surface area contributed by atoms with Crippen LogP contribution in [0, 0.1) is 6.92 Å². The van der Waals surface area contributed by atoms with Crippen molar-refractivity contribution in [1.29, 1.82) is 0 Å². The first-order valence-corrected chi connectivity index (χ1v) is 16.7. The number of anilines is 2. The molecular formula is C27H24IN7O3S2. The lowest BCUT2D eigenvalue weighted by Crippen LogP contribution is -2.37. The molecule has 2 aliphatic rings. The lowest BCUT2D eigenvalue weighted by atomic mass is 10.1. The summed E-state index contributed by atoms with van der Waals surface area (Å²) in [7, 11) is 0. The quantitative estimate of drug-likeness (QED) is 0.159. The summed E-state index contributed by atoms with van der Waals surface area (Å²) in [4.78, 5) is 53.9. The van der Waals surface area contributed by atoms with Gasteiger partial charge in [-0.15, -0.1) is 11.3 Å². The summed E-state index contributed by atoms with van der Waals surface area (Å²) in [6, 6.07) is 11.0. The van der Waals surface area contributed by atoms with Gasteiger partial charge in [0.05, 0.1) is 17.3 Å². The zero-order chi connectivity index (χ0) is 27.8. The van der Waals surface area contributed by atoms with E-state index in [4.69, 9.17) is 5.73 Å². The molecule has 2 amide bonds. The summed E-state index contributed by atoms with van der Waals surface area (Å²) < 4.78 is 3.70. The molecule has 0 fully saturated rings. The largest absolute Gasteiger partial charge is 0.384 e. The van der Waals surface area contributed by atoms with Gasteiger partial charge in [-0.3, -0.25) is 23.9 Å². The molecule has 4 aromatic rings. The van der Waals surface area contributed by atoms with Crippen molar-refractivity contribution in [2.24, 2.45) is 4.99 Å². The van der Waals surface area contributed by atoms with Gasteiger partial charge in [-0.25, -0.2) is 9.97 Å². The molecule has 6 rings (SSSR count). The molecule has 4 N–H and O–H groups in total. The van der Waals surface area contributed by atoms with Gasteiger partial charge < -0.3 is 16.4 Å². The third-order valence-corrected chi connectivity index (χ3v) is 11.9. The third-order valence-electron chi connectivity index (χ3n) is 6.61. The Balaban J connectivity index is 1.15. The summed E-state index contributed by atoms with van der Waals surface area (Å²) in [6.07, 6.45) is 4.08. The number of aromatic nitrogens is 3. The summed E-state index contributed by atoms with van der Waals surface area (Å²) in [5.41, 5.74) is 7.51. The molecule has 0 aliphatic carbocycles. The molecule has 0 radical (unpaired) electrons. The van der Waals surface area contributed by atoms with Crippen molar-refractivity contribution in [2.45, 2.75) is 32.4 Å². The number of aliphatic imine (C=N–C) groups is 1. The van der Waals surface area contributed by atoms with Gasteiger partial charge in [0.15, 0.2) is 0 Å². The van der Waals surface area contributed by atoms with Crippen LogP contribution in [0.2, 0.25) is 0 Å². The van der Waals surface area contributed by atoms with Gasteiger partial charge in [-0.2, -0.15) is 0 Å². The predicted molar refractivity (Wildman–Crippen MR) is 170 cm³/mol. The number of aryl methyl sites for hydroxylation is 2. The molecule has 1 atom stereocenters. The minimum Gasteiger partial charge on any atom is -0.384 e. The smallest absolute Gasteiger partial charge is 0.278 e. The van der Waals surface area contributed by atoms with Gasteiger partial charge >= 0.3 is 0 Å². The average molecular weight is 686 g/mol. The Labute approximate surface area is 247 Å². The fourth-order valence-corrected chi connectivity index (χ4v) is 9.45. The van der Waals surface area contributed by atoms with Crippen LogP contribution in [0.5, 0.6) is 0 Å². The summed E-state index contributed by atoms with van der Waals surface area (Å²) in [5.74, 6) is 0.414. The fourth-order valence-electron chi connectivity index (χ4n) is 4.64. The number of rotatable bonds is 6. The van der Waals surface area contributed by atoms with Gasteiger partial charge in [-0.1, -0.05) is 56.8 Å². The highest BCUT2D eigenvalue weighted by atomic mass is 127. The number of hydrogen-bond donors (Lipinski definition) is 3. The maximum atomic E-state index is 13.4. The highest BCUT2D eigenvalue weighted by Crippen LogP contribution is 2.29. The summed E-state index contributed by atoms with van der Waals surface area (Å²) in [6.45, 7) is 2.34. The van der Waals surface area contributed by atoms with Gasteiger partial charge in [0, 0.05) is 33.1 Å². The Morgan fingerprint density at radius 1 is 1.20 bits per heavy atom.